The van der Waals surface area contributed by atoms with Crippen LogP contribution in [0.25, 0.3) is 10.9 Å². The van der Waals surface area contributed by atoms with Crippen LogP contribution in [0.5, 0.6) is 0 Å². The molecule has 26 heavy (non-hydrogen) atoms. The molecule has 0 spiro atoms. The van der Waals surface area contributed by atoms with Crippen LogP contribution in [0.15, 0.2) is 41.1 Å². The largest absolute Gasteiger partial charge is 0.376 e. The third-order valence-corrected chi connectivity index (χ3v) is 5.43. The fourth-order valence-electron chi connectivity index (χ4n) is 3.45. The average molecular weight is 369 g/mol. The smallest absolute Gasteiger partial charge is 0.140 e. The molecule has 0 bridgehead atoms. The van der Waals surface area contributed by atoms with E-state index in [2.05, 4.69) is 38.8 Å². The van der Waals surface area contributed by atoms with Crippen LogP contribution in [0.2, 0.25) is 0 Å². The molecule has 5 nitrogen and oxygen atoms in total. The van der Waals surface area contributed by atoms with Crippen molar-refractivity contribution >= 4 is 28.1 Å². The predicted molar refractivity (Wildman–Crippen MR) is 107 cm³/mol. The van der Waals surface area contributed by atoms with Gasteiger partial charge in [0.15, 0.2) is 0 Å². The summed E-state index contributed by atoms with van der Waals surface area (Å²) in [6.45, 7) is 3.08. The van der Waals surface area contributed by atoms with Crippen molar-refractivity contribution in [3.63, 3.8) is 0 Å². The number of fused-ring (bicyclic) bond motifs is 1. The number of thiophene rings is 1. The predicted octanol–water partition coefficient (Wildman–Crippen LogP) is 3.38. The van der Waals surface area contributed by atoms with Gasteiger partial charge in [0.2, 0.25) is 0 Å². The summed E-state index contributed by atoms with van der Waals surface area (Å²) in [5.74, 6) is 1.80. The van der Waals surface area contributed by atoms with Crippen molar-refractivity contribution in [2.24, 2.45) is 5.73 Å². The van der Waals surface area contributed by atoms with E-state index in [9.17, 15) is 0 Å². The van der Waals surface area contributed by atoms with Crippen molar-refractivity contribution in [1.82, 2.24) is 9.97 Å². The number of rotatable bonds is 7. The van der Waals surface area contributed by atoms with E-state index in [-0.39, 0.29) is 6.10 Å². The maximum atomic E-state index is 5.91. The van der Waals surface area contributed by atoms with Gasteiger partial charge in [-0.15, -0.1) is 0 Å². The van der Waals surface area contributed by atoms with Gasteiger partial charge >= 0.3 is 0 Å². The molecule has 2 aromatic heterocycles. The summed E-state index contributed by atoms with van der Waals surface area (Å²) in [6, 6.07) is 10.4. The van der Waals surface area contributed by atoms with Gasteiger partial charge in [0.1, 0.15) is 11.6 Å². The molecule has 1 aliphatic heterocycles. The summed E-state index contributed by atoms with van der Waals surface area (Å²) in [4.78, 5) is 11.9. The molecule has 0 radical (unpaired) electrons. The van der Waals surface area contributed by atoms with E-state index in [1.165, 1.54) is 5.56 Å². The third kappa shape index (κ3) is 3.87. The number of anilines is 1. The SMILES string of the molecule is NCCc1nc(N(Cc2ccsc2)C[C@@H]2CCCO2)c2ccccc2n1. The maximum absolute atomic E-state index is 5.91. The van der Waals surface area contributed by atoms with Gasteiger partial charge in [-0.05, 0) is 53.9 Å². The molecule has 0 aliphatic carbocycles. The van der Waals surface area contributed by atoms with E-state index in [0.29, 0.717) is 13.0 Å². The van der Waals surface area contributed by atoms with Gasteiger partial charge < -0.3 is 15.4 Å². The highest BCUT2D eigenvalue weighted by Gasteiger charge is 2.22. The molecule has 4 rings (SSSR count). The Bertz CT molecular complexity index is 846. The van der Waals surface area contributed by atoms with E-state index < -0.39 is 0 Å². The van der Waals surface area contributed by atoms with Gasteiger partial charge in [-0.2, -0.15) is 11.3 Å². The number of benzene rings is 1. The lowest BCUT2D eigenvalue weighted by molar-refractivity contribution is 0.115. The number of hydrogen-bond acceptors (Lipinski definition) is 6. The third-order valence-electron chi connectivity index (χ3n) is 4.70. The number of ether oxygens (including phenoxy) is 1. The Hall–Kier alpha value is -2.02. The van der Waals surface area contributed by atoms with E-state index in [0.717, 1.165) is 55.1 Å². The first kappa shape index (κ1) is 17.4. The van der Waals surface area contributed by atoms with Crippen molar-refractivity contribution in [3.8, 4) is 0 Å². The highest BCUT2D eigenvalue weighted by Crippen LogP contribution is 2.27. The van der Waals surface area contributed by atoms with Crippen molar-refractivity contribution in [2.45, 2.75) is 31.9 Å². The van der Waals surface area contributed by atoms with E-state index in [1.807, 2.05) is 12.1 Å². The topological polar surface area (TPSA) is 64.3 Å². The lowest BCUT2D eigenvalue weighted by Crippen LogP contribution is -2.33. The molecule has 136 valence electrons. The Balaban J connectivity index is 1.74. The lowest BCUT2D eigenvalue weighted by atomic mass is 10.1. The molecule has 1 saturated heterocycles. The van der Waals surface area contributed by atoms with Gasteiger partial charge in [-0.3, -0.25) is 0 Å². The fourth-order valence-corrected chi connectivity index (χ4v) is 4.11. The number of para-hydroxylation sites is 1. The summed E-state index contributed by atoms with van der Waals surface area (Å²) >= 11 is 1.73. The number of aromatic nitrogens is 2. The molecule has 0 unspecified atom stereocenters. The first-order valence-electron chi connectivity index (χ1n) is 9.17. The zero-order valence-electron chi connectivity index (χ0n) is 14.8. The standard InChI is InChI=1S/C20H24N4OS/c21-9-7-19-22-18-6-2-1-5-17(18)20(23-19)24(12-15-8-11-26-14-15)13-16-4-3-10-25-16/h1-2,5-6,8,11,14,16H,3-4,7,9-10,12-13,21H2/t16-/m0/s1. The molecular weight excluding hydrogens is 344 g/mol. The highest BCUT2D eigenvalue weighted by atomic mass is 32.1. The molecule has 0 amide bonds. The quantitative estimate of drug-likeness (QED) is 0.693. The second-order valence-corrected chi connectivity index (χ2v) is 7.45. The highest BCUT2D eigenvalue weighted by molar-refractivity contribution is 7.07. The minimum absolute atomic E-state index is 0.264. The van der Waals surface area contributed by atoms with Crippen LogP contribution in [0.4, 0.5) is 5.82 Å². The normalized spacial score (nSPS) is 17.0. The minimum Gasteiger partial charge on any atom is -0.376 e. The molecule has 2 N–H and O–H groups in total. The van der Waals surface area contributed by atoms with Crippen LogP contribution in [0.3, 0.4) is 0 Å². The summed E-state index contributed by atoms with van der Waals surface area (Å²) < 4.78 is 5.91. The Labute approximate surface area is 157 Å². The molecule has 1 atom stereocenters. The van der Waals surface area contributed by atoms with Crippen LogP contribution < -0.4 is 10.6 Å². The van der Waals surface area contributed by atoms with Crippen molar-refractivity contribution < 1.29 is 4.74 Å². The zero-order valence-corrected chi connectivity index (χ0v) is 15.6. The van der Waals surface area contributed by atoms with Crippen molar-refractivity contribution in [3.05, 3.63) is 52.5 Å². The van der Waals surface area contributed by atoms with Crippen molar-refractivity contribution in [1.29, 1.82) is 0 Å². The van der Waals surface area contributed by atoms with E-state index in [1.54, 1.807) is 11.3 Å². The molecule has 1 fully saturated rings. The van der Waals surface area contributed by atoms with Gasteiger partial charge in [0.25, 0.3) is 0 Å². The van der Waals surface area contributed by atoms with Crippen LogP contribution in [-0.2, 0) is 17.7 Å². The van der Waals surface area contributed by atoms with Gasteiger partial charge in [-0.25, -0.2) is 9.97 Å². The van der Waals surface area contributed by atoms with Gasteiger partial charge in [0, 0.05) is 31.5 Å². The molecular formula is C20H24N4OS. The van der Waals surface area contributed by atoms with Gasteiger partial charge in [0.05, 0.1) is 11.6 Å². The second kappa shape index (κ2) is 8.12. The van der Waals surface area contributed by atoms with Crippen LogP contribution in [0.1, 0.15) is 24.2 Å². The molecule has 6 heteroatoms. The second-order valence-electron chi connectivity index (χ2n) is 6.67. The summed E-state index contributed by atoms with van der Waals surface area (Å²) in [6.07, 6.45) is 3.20. The van der Waals surface area contributed by atoms with E-state index >= 15 is 0 Å². The summed E-state index contributed by atoms with van der Waals surface area (Å²) in [5.41, 5.74) is 8.04. The fraction of sp³-hybridized carbons (Fsp3) is 0.400. The maximum Gasteiger partial charge on any atom is 0.140 e. The van der Waals surface area contributed by atoms with Crippen LogP contribution in [0, 0.1) is 0 Å². The zero-order chi connectivity index (χ0) is 17.8. The molecule has 1 aliphatic rings. The van der Waals surface area contributed by atoms with Crippen molar-refractivity contribution in [2.75, 3.05) is 24.6 Å². The lowest BCUT2D eigenvalue weighted by Gasteiger charge is -2.27. The van der Waals surface area contributed by atoms with Crippen LogP contribution >= 0.6 is 11.3 Å². The Morgan fingerprint density at radius 1 is 1.23 bits per heavy atom. The first-order chi connectivity index (χ1) is 12.8. The molecule has 3 aromatic rings. The number of nitrogens with two attached hydrogens (primary N) is 1. The first-order valence-corrected chi connectivity index (χ1v) is 10.1. The number of hydrogen-bond donors (Lipinski definition) is 1. The monoisotopic (exact) mass is 368 g/mol. The Kier molecular flexibility index (Phi) is 5.43. The minimum atomic E-state index is 0.264. The van der Waals surface area contributed by atoms with Crippen LogP contribution in [-0.4, -0.2) is 35.8 Å². The van der Waals surface area contributed by atoms with Gasteiger partial charge in [-0.1, -0.05) is 12.1 Å². The summed E-state index contributed by atoms with van der Waals surface area (Å²) in [5, 5.41) is 5.41. The van der Waals surface area contributed by atoms with E-state index in [4.69, 9.17) is 15.5 Å². The summed E-state index contributed by atoms with van der Waals surface area (Å²) in [7, 11) is 0. The number of nitrogens with zero attached hydrogens (tertiary/aromatic N) is 3. The molecule has 1 aromatic carbocycles. The molecule has 3 heterocycles. The molecule has 0 saturated carbocycles. The Morgan fingerprint density at radius 2 is 2.15 bits per heavy atom. The Morgan fingerprint density at radius 3 is 2.92 bits per heavy atom. The average Bonchev–Trinajstić information content (AvgIpc) is 3.35.